The molecule has 13 heteroatoms. The van der Waals surface area contributed by atoms with Crippen LogP contribution in [0, 0.1) is 5.92 Å². The number of nitrogens with zero attached hydrogens (tertiary/aromatic N) is 3. The fourth-order valence-electron chi connectivity index (χ4n) is 4.36. The second-order valence-electron chi connectivity index (χ2n) is 9.12. The van der Waals surface area contributed by atoms with Crippen LogP contribution in [-0.2, 0) is 14.3 Å². The summed E-state index contributed by atoms with van der Waals surface area (Å²) in [7, 11) is 2.92. The summed E-state index contributed by atoms with van der Waals surface area (Å²) >= 11 is 0. The summed E-state index contributed by atoms with van der Waals surface area (Å²) < 4.78 is 38.6. The van der Waals surface area contributed by atoms with Crippen molar-refractivity contribution in [2.45, 2.75) is 12.8 Å². The predicted octanol–water partition coefficient (Wildman–Crippen LogP) is 1.95. The molecule has 3 amide bonds. The molecule has 2 N–H and O–H groups in total. The average molecular weight is 559 g/mol. The van der Waals surface area contributed by atoms with E-state index in [-0.39, 0.29) is 38.4 Å². The summed E-state index contributed by atoms with van der Waals surface area (Å²) in [5, 5.41) is 14.3. The van der Waals surface area contributed by atoms with Crippen LogP contribution in [0.2, 0.25) is 0 Å². The van der Waals surface area contributed by atoms with Gasteiger partial charge in [-0.05, 0) is 37.1 Å². The summed E-state index contributed by atoms with van der Waals surface area (Å²) in [4.78, 5) is 54.1. The Bertz CT molecular complexity index is 1440. The Morgan fingerprint density at radius 3 is 2.62 bits per heavy atom. The molecule has 2 heterocycles. The van der Waals surface area contributed by atoms with Gasteiger partial charge in [0, 0.05) is 44.0 Å². The lowest BCUT2D eigenvalue weighted by Crippen LogP contribution is -2.57. The first kappa shape index (κ1) is 28.5. The Morgan fingerprint density at radius 2 is 1.93 bits per heavy atom. The van der Waals surface area contributed by atoms with E-state index < -0.39 is 57.7 Å². The van der Waals surface area contributed by atoms with Gasteiger partial charge in [-0.2, -0.15) is 0 Å². The number of rotatable bonds is 8. The number of methoxy groups -OCH3 is 2. The normalized spacial score (nSPS) is 18.7. The predicted molar refractivity (Wildman–Crippen MR) is 139 cm³/mol. The summed E-state index contributed by atoms with van der Waals surface area (Å²) in [5.74, 6) is -5.12. The molecule has 0 fully saturated rings. The molecular weight excluding hydrogens is 530 g/mol. The highest BCUT2D eigenvalue weighted by Crippen LogP contribution is 2.26. The van der Waals surface area contributed by atoms with Gasteiger partial charge in [-0.15, -0.1) is 0 Å². The highest BCUT2D eigenvalue weighted by molar-refractivity contribution is 6.06. The summed E-state index contributed by atoms with van der Waals surface area (Å²) in [6.07, 6.45) is 9.77. The minimum absolute atomic E-state index is 0.000765. The van der Waals surface area contributed by atoms with Gasteiger partial charge in [0.15, 0.2) is 11.4 Å². The Balaban J connectivity index is 1.69. The van der Waals surface area contributed by atoms with E-state index in [1.54, 1.807) is 18.2 Å². The molecule has 0 aromatic carbocycles. The molecule has 0 saturated heterocycles. The monoisotopic (exact) mass is 558 g/mol. The van der Waals surface area contributed by atoms with Gasteiger partial charge in [0.25, 0.3) is 17.7 Å². The van der Waals surface area contributed by atoms with E-state index in [0.717, 1.165) is 15.9 Å². The molecule has 0 radical (unpaired) electrons. The van der Waals surface area contributed by atoms with Gasteiger partial charge in [0.05, 0.1) is 13.7 Å². The highest BCUT2D eigenvalue weighted by Gasteiger charge is 2.37. The van der Waals surface area contributed by atoms with Gasteiger partial charge in [0.1, 0.15) is 29.6 Å². The van der Waals surface area contributed by atoms with E-state index in [1.165, 1.54) is 31.3 Å². The van der Waals surface area contributed by atoms with Crippen LogP contribution in [0.1, 0.15) is 33.7 Å². The van der Waals surface area contributed by atoms with Crippen molar-refractivity contribution in [2.24, 2.45) is 5.92 Å². The number of carbonyl (C=O) groups excluding carboxylic acids is 3. The molecule has 2 aliphatic carbocycles. The minimum atomic E-state index is -1.15. The Morgan fingerprint density at radius 1 is 1.15 bits per heavy atom. The second kappa shape index (κ2) is 12.1. The zero-order chi connectivity index (χ0) is 29.0. The van der Waals surface area contributed by atoms with Crippen molar-refractivity contribution < 1.29 is 37.7 Å². The van der Waals surface area contributed by atoms with E-state index in [1.807, 2.05) is 0 Å². The van der Waals surface area contributed by atoms with Gasteiger partial charge >= 0.3 is 0 Å². The first-order valence-electron chi connectivity index (χ1n) is 12.4. The fourth-order valence-corrected chi connectivity index (χ4v) is 4.36. The van der Waals surface area contributed by atoms with Gasteiger partial charge < -0.3 is 24.8 Å². The van der Waals surface area contributed by atoms with E-state index in [0.29, 0.717) is 18.3 Å². The molecular formula is C27H28F2N4O7. The number of nitrogens with one attached hydrogen (secondary N) is 1. The highest BCUT2D eigenvalue weighted by atomic mass is 19.1. The average Bonchev–Trinajstić information content (AvgIpc) is 3.19. The molecule has 1 aliphatic heterocycles. The summed E-state index contributed by atoms with van der Waals surface area (Å²) in [6, 6.07) is 0. The molecule has 1 aromatic heterocycles. The van der Waals surface area contributed by atoms with Crippen molar-refractivity contribution in [1.82, 2.24) is 14.9 Å². The Hall–Kier alpha value is -4.52. The van der Waals surface area contributed by atoms with Gasteiger partial charge in [0.2, 0.25) is 5.43 Å². The molecule has 11 nitrogen and oxygen atoms in total. The molecule has 40 heavy (non-hydrogen) atoms. The second-order valence-corrected chi connectivity index (χ2v) is 9.12. The first-order chi connectivity index (χ1) is 19.2. The molecule has 0 saturated carbocycles. The lowest BCUT2D eigenvalue weighted by atomic mass is 9.99. The number of ether oxygens (including phenoxy) is 2. The number of allylic oxidation sites excluding steroid dienone is 6. The van der Waals surface area contributed by atoms with Crippen molar-refractivity contribution in [2.75, 3.05) is 45.6 Å². The molecule has 3 aliphatic rings. The number of hydrogen-bond donors (Lipinski definition) is 2. The van der Waals surface area contributed by atoms with Crippen LogP contribution in [0.25, 0.3) is 0 Å². The van der Waals surface area contributed by atoms with E-state index >= 15 is 0 Å². The number of halogens is 2. The first-order valence-corrected chi connectivity index (χ1v) is 12.4. The quantitative estimate of drug-likeness (QED) is 0.499. The molecule has 0 spiro atoms. The number of hydrogen-bond acceptors (Lipinski definition) is 7. The van der Waals surface area contributed by atoms with Crippen LogP contribution in [0.5, 0.6) is 5.75 Å². The third-order valence-electron chi connectivity index (χ3n) is 6.60. The number of pyridine rings is 1. The van der Waals surface area contributed by atoms with Crippen molar-refractivity contribution in [1.29, 1.82) is 0 Å². The van der Waals surface area contributed by atoms with E-state index in [9.17, 15) is 33.1 Å². The molecule has 1 atom stereocenters. The lowest BCUT2D eigenvalue weighted by Gasteiger charge is -2.38. The van der Waals surface area contributed by atoms with Crippen molar-refractivity contribution in [3.63, 3.8) is 0 Å². The van der Waals surface area contributed by atoms with Gasteiger partial charge in [-0.3, -0.25) is 19.2 Å². The lowest BCUT2D eigenvalue weighted by molar-refractivity contribution is -0.117. The number of carbonyl (C=O) groups is 3. The number of aromatic hydroxyl groups is 1. The summed E-state index contributed by atoms with van der Waals surface area (Å²) in [5.41, 5.74) is -1.99. The Kier molecular flexibility index (Phi) is 8.63. The maximum absolute atomic E-state index is 14.1. The van der Waals surface area contributed by atoms with Gasteiger partial charge in [-0.25, -0.2) is 18.5 Å². The largest absolute Gasteiger partial charge is 0.502 e. The Labute approximate surface area is 227 Å². The van der Waals surface area contributed by atoms with Crippen LogP contribution in [0.15, 0.2) is 70.4 Å². The maximum Gasteiger partial charge on any atom is 0.278 e. The minimum Gasteiger partial charge on any atom is -0.502 e. The number of fused-ring (bicyclic) bond motifs is 1. The standard InChI is InChI=1S/C27H28F2N4O7/c1-39-11-10-31-15-33(26(37)16-4-3-5-19(40-2)9-7-16)32-14-20(23(34)24(35)22(32)27(31)38)25(36)30-13-17-6-8-18(28)12-21(17)29/h4-5,7-9,12,14,17,35H,3,6,10-11,13,15H2,1-2H3,(H,30,36). The van der Waals surface area contributed by atoms with Crippen molar-refractivity contribution >= 4 is 17.7 Å². The third kappa shape index (κ3) is 5.73. The third-order valence-corrected chi connectivity index (χ3v) is 6.60. The smallest absolute Gasteiger partial charge is 0.278 e. The maximum atomic E-state index is 14.1. The zero-order valence-corrected chi connectivity index (χ0v) is 21.9. The zero-order valence-electron chi connectivity index (χ0n) is 21.9. The number of amides is 3. The molecule has 4 rings (SSSR count). The number of aromatic nitrogens is 1. The topological polar surface area (TPSA) is 130 Å². The molecule has 0 bridgehead atoms. The molecule has 212 valence electrons. The van der Waals surface area contributed by atoms with Crippen LogP contribution in [0.3, 0.4) is 0 Å². The molecule has 1 unspecified atom stereocenters. The summed E-state index contributed by atoms with van der Waals surface area (Å²) in [6.45, 7) is -0.363. The van der Waals surface area contributed by atoms with E-state index in [4.69, 9.17) is 9.47 Å². The fraction of sp³-hybridized carbons (Fsp3) is 0.333. The van der Waals surface area contributed by atoms with Crippen LogP contribution >= 0.6 is 0 Å². The van der Waals surface area contributed by atoms with Crippen molar-refractivity contribution in [3.8, 4) is 5.75 Å². The van der Waals surface area contributed by atoms with Crippen LogP contribution in [-0.4, -0.2) is 73.0 Å². The molecule has 1 aromatic rings. The SMILES string of the molecule is COCCN1CN(C(=O)C2=CCC=C(OC)C=C2)n2cc(C(=O)NCC3CC=C(F)C=C3F)c(=O)c(O)c2C1=O. The van der Waals surface area contributed by atoms with Crippen LogP contribution in [0.4, 0.5) is 8.78 Å². The van der Waals surface area contributed by atoms with E-state index in [2.05, 4.69) is 5.32 Å². The van der Waals surface area contributed by atoms with Crippen LogP contribution < -0.4 is 15.8 Å². The van der Waals surface area contributed by atoms with Crippen molar-refractivity contribution in [3.05, 3.63) is 87.1 Å². The van der Waals surface area contributed by atoms with Gasteiger partial charge in [-0.1, -0.05) is 6.08 Å².